The number of aromatic nitrogens is 1. The van der Waals surface area contributed by atoms with Crippen molar-refractivity contribution >= 4 is 51.9 Å². The molecule has 144 valence electrons. The van der Waals surface area contributed by atoms with E-state index in [2.05, 4.69) is 19.8 Å². The van der Waals surface area contributed by atoms with Crippen LogP contribution in [0.5, 0.6) is 0 Å². The van der Waals surface area contributed by atoms with Crippen molar-refractivity contribution in [2.45, 2.75) is 0 Å². The molecule has 0 saturated heterocycles. The lowest BCUT2D eigenvalue weighted by Gasteiger charge is -2.08. The van der Waals surface area contributed by atoms with Gasteiger partial charge < -0.3 is 19.2 Å². The van der Waals surface area contributed by atoms with E-state index in [0.29, 0.717) is 38.3 Å². The van der Waals surface area contributed by atoms with Gasteiger partial charge in [0.1, 0.15) is 11.2 Å². The fraction of sp³-hybridized carbons (Fsp3) is 0.105. The number of carbonyl (C=O) groups is 2. The zero-order valence-corrected chi connectivity index (χ0v) is 16.3. The average molecular weight is 421 g/mol. The maximum Gasteiger partial charge on any atom is 0.354 e. The first-order chi connectivity index (χ1) is 13.4. The van der Waals surface area contributed by atoms with Crippen molar-refractivity contribution in [2.24, 2.45) is 0 Å². The molecule has 0 aliphatic carbocycles. The molecule has 7 nitrogen and oxygen atoms in total. The molecule has 1 N–H and O–H groups in total. The number of ether oxygens (including phenoxy) is 2. The van der Waals surface area contributed by atoms with Gasteiger partial charge in [-0.1, -0.05) is 23.2 Å². The molecule has 0 aliphatic heterocycles. The van der Waals surface area contributed by atoms with Crippen LogP contribution in [0.3, 0.4) is 0 Å². The summed E-state index contributed by atoms with van der Waals surface area (Å²) < 4.78 is 14.9. The highest BCUT2D eigenvalue weighted by Crippen LogP contribution is 2.31. The van der Waals surface area contributed by atoms with E-state index in [1.54, 1.807) is 36.4 Å². The molecule has 0 spiro atoms. The largest absolute Gasteiger partial charge is 0.466 e. The van der Waals surface area contributed by atoms with E-state index >= 15 is 0 Å². The number of benzene rings is 2. The molecule has 0 radical (unpaired) electrons. The normalized spacial score (nSPS) is 11.4. The minimum atomic E-state index is -0.720. The molecule has 3 rings (SSSR count). The summed E-state index contributed by atoms with van der Waals surface area (Å²) in [6, 6.07) is 10.1. The minimum absolute atomic E-state index is 0.0816. The number of methoxy groups -OCH3 is 2. The van der Waals surface area contributed by atoms with Crippen molar-refractivity contribution in [3.05, 3.63) is 58.2 Å². The Kier molecular flexibility index (Phi) is 5.87. The molecule has 0 atom stereocenters. The molecule has 0 saturated carbocycles. The number of halogens is 2. The zero-order chi connectivity index (χ0) is 20.3. The van der Waals surface area contributed by atoms with Crippen molar-refractivity contribution < 1.29 is 23.5 Å². The van der Waals surface area contributed by atoms with Crippen LogP contribution >= 0.6 is 23.2 Å². The van der Waals surface area contributed by atoms with E-state index in [1.165, 1.54) is 14.2 Å². The van der Waals surface area contributed by atoms with E-state index in [1.807, 2.05) is 0 Å². The Morgan fingerprint density at radius 2 is 1.86 bits per heavy atom. The third-order valence-corrected chi connectivity index (χ3v) is 4.44. The van der Waals surface area contributed by atoms with E-state index < -0.39 is 11.9 Å². The number of carbonyl (C=O) groups excluding carboxylic acids is 2. The van der Waals surface area contributed by atoms with Gasteiger partial charge in [0, 0.05) is 11.3 Å². The lowest BCUT2D eigenvalue weighted by molar-refractivity contribution is -0.138. The van der Waals surface area contributed by atoms with Gasteiger partial charge >= 0.3 is 11.9 Å². The number of nitrogens with zero attached hydrogens (tertiary/aromatic N) is 1. The van der Waals surface area contributed by atoms with Crippen molar-refractivity contribution in [1.82, 2.24) is 4.98 Å². The lowest BCUT2D eigenvalue weighted by Crippen LogP contribution is -2.15. The second kappa shape index (κ2) is 8.33. The number of anilines is 1. The second-order valence-electron chi connectivity index (χ2n) is 5.53. The first-order valence-corrected chi connectivity index (χ1v) is 8.68. The lowest BCUT2D eigenvalue weighted by atomic mass is 10.2. The predicted molar refractivity (Wildman–Crippen MR) is 105 cm³/mol. The van der Waals surface area contributed by atoms with E-state index in [4.69, 9.17) is 27.6 Å². The van der Waals surface area contributed by atoms with Gasteiger partial charge in [-0.15, -0.1) is 0 Å². The highest BCUT2D eigenvalue weighted by atomic mass is 35.5. The smallest absolute Gasteiger partial charge is 0.354 e. The summed E-state index contributed by atoms with van der Waals surface area (Å²) in [6.45, 7) is 0. The molecule has 2 aromatic carbocycles. The van der Waals surface area contributed by atoms with Crippen LogP contribution in [0.2, 0.25) is 10.0 Å². The zero-order valence-electron chi connectivity index (χ0n) is 14.8. The summed E-state index contributed by atoms with van der Waals surface area (Å²) in [5, 5.41) is 3.64. The quantitative estimate of drug-likeness (QED) is 0.481. The van der Waals surface area contributed by atoms with Gasteiger partial charge in [-0.2, -0.15) is 0 Å². The van der Waals surface area contributed by atoms with Crippen molar-refractivity contribution in [3.63, 3.8) is 0 Å². The Morgan fingerprint density at radius 3 is 2.54 bits per heavy atom. The summed E-state index contributed by atoms with van der Waals surface area (Å²) in [5.41, 5.74) is 2.15. The maximum atomic E-state index is 11.9. The van der Waals surface area contributed by atoms with Crippen LogP contribution in [-0.2, 0) is 19.1 Å². The second-order valence-corrected chi connectivity index (χ2v) is 6.34. The summed E-state index contributed by atoms with van der Waals surface area (Å²) >= 11 is 12.0. The summed E-state index contributed by atoms with van der Waals surface area (Å²) in [4.78, 5) is 27.8. The van der Waals surface area contributed by atoms with Crippen LogP contribution in [0.4, 0.5) is 5.69 Å². The maximum absolute atomic E-state index is 11.9. The standard InChI is InChI=1S/C19H14Cl2N2O5/c1-26-17(24)9-15(19(25)27-2)22-11-4-6-16-14(8-11)23-18(28-16)10-3-5-12(20)13(21)7-10/h3-9,22H,1-2H3/b15-9+. The number of fused-ring (bicyclic) bond motifs is 1. The Hall–Kier alpha value is -3.03. The van der Waals surface area contributed by atoms with Crippen LogP contribution in [0.1, 0.15) is 0 Å². The summed E-state index contributed by atoms with van der Waals surface area (Å²) in [7, 11) is 2.42. The molecule has 9 heteroatoms. The molecule has 1 aromatic heterocycles. The fourth-order valence-electron chi connectivity index (χ4n) is 2.35. The van der Waals surface area contributed by atoms with Crippen molar-refractivity contribution in [3.8, 4) is 11.5 Å². The van der Waals surface area contributed by atoms with Crippen molar-refractivity contribution in [2.75, 3.05) is 19.5 Å². The molecule has 0 bridgehead atoms. The molecule has 0 aliphatic rings. The van der Waals surface area contributed by atoms with Gasteiger partial charge in [0.15, 0.2) is 5.58 Å². The van der Waals surface area contributed by atoms with Gasteiger partial charge in [0.2, 0.25) is 5.89 Å². The SMILES string of the molecule is COC(=O)/C=C(/Nc1ccc2oc(-c3ccc(Cl)c(Cl)c3)nc2c1)C(=O)OC. The number of oxazole rings is 1. The summed E-state index contributed by atoms with van der Waals surface area (Å²) in [6.07, 6.45) is 1.000. The molecule has 3 aromatic rings. The van der Waals surface area contributed by atoms with Gasteiger partial charge in [-0.3, -0.25) is 0 Å². The van der Waals surface area contributed by atoms with E-state index in [9.17, 15) is 9.59 Å². The average Bonchev–Trinajstić information content (AvgIpc) is 3.12. The molecule has 0 amide bonds. The number of hydrogen-bond acceptors (Lipinski definition) is 7. The fourth-order valence-corrected chi connectivity index (χ4v) is 2.64. The van der Waals surface area contributed by atoms with E-state index in [-0.39, 0.29) is 5.70 Å². The number of esters is 2. The van der Waals surface area contributed by atoms with Gasteiger partial charge in [-0.05, 0) is 36.4 Å². The molecule has 0 fully saturated rings. The summed E-state index contributed by atoms with van der Waals surface area (Å²) in [5.74, 6) is -1.05. The Balaban J connectivity index is 1.93. The van der Waals surface area contributed by atoms with Crippen molar-refractivity contribution in [1.29, 1.82) is 0 Å². The molecule has 0 unspecified atom stereocenters. The monoisotopic (exact) mass is 420 g/mol. The Labute approximate surface area is 169 Å². The molecular weight excluding hydrogens is 407 g/mol. The predicted octanol–water partition coefficient (Wildman–Crippen LogP) is 4.44. The first-order valence-electron chi connectivity index (χ1n) is 7.92. The number of rotatable bonds is 5. The topological polar surface area (TPSA) is 90.7 Å². The van der Waals surface area contributed by atoms with Crippen LogP contribution in [-0.4, -0.2) is 31.1 Å². The Bertz CT molecular complexity index is 1090. The van der Waals surface area contributed by atoms with Gasteiger partial charge in [-0.25, -0.2) is 14.6 Å². The molecule has 1 heterocycles. The third kappa shape index (κ3) is 4.27. The highest BCUT2D eigenvalue weighted by molar-refractivity contribution is 6.42. The van der Waals surface area contributed by atoms with Crippen LogP contribution in [0, 0.1) is 0 Å². The van der Waals surface area contributed by atoms with Gasteiger partial charge in [0.25, 0.3) is 0 Å². The minimum Gasteiger partial charge on any atom is -0.466 e. The van der Waals surface area contributed by atoms with Crippen LogP contribution in [0.25, 0.3) is 22.6 Å². The molecule has 28 heavy (non-hydrogen) atoms. The first kappa shape index (κ1) is 19.7. The Morgan fingerprint density at radius 1 is 1.07 bits per heavy atom. The van der Waals surface area contributed by atoms with Gasteiger partial charge in [0.05, 0.1) is 30.3 Å². The van der Waals surface area contributed by atoms with E-state index in [0.717, 1.165) is 6.08 Å². The number of nitrogens with one attached hydrogen (secondary N) is 1. The highest BCUT2D eigenvalue weighted by Gasteiger charge is 2.15. The number of hydrogen-bond donors (Lipinski definition) is 1. The van der Waals surface area contributed by atoms with Crippen LogP contribution in [0.15, 0.2) is 52.6 Å². The third-order valence-electron chi connectivity index (χ3n) is 3.70. The molecular formula is C19H14Cl2N2O5. The van der Waals surface area contributed by atoms with Crippen LogP contribution < -0.4 is 5.32 Å².